The van der Waals surface area contributed by atoms with Gasteiger partial charge >= 0.3 is 0 Å². The van der Waals surface area contributed by atoms with Crippen LogP contribution in [-0.4, -0.2) is 17.4 Å². The van der Waals surface area contributed by atoms with E-state index in [9.17, 15) is 4.79 Å². The second-order valence-corrected chi connectivity index (χ2v) is 3.93. The third kappa shape index (κ3) is 2.02. The maximum Gasteiger partial charge on any atom is 0.227 e. The van der Waals surface area contributed by atoms with Crippen molar-refractivity contribution in [1.29, 1.82) is 0 Å². The molecule has 1 aliphatic rings. The summed E-state index contributed by atoms with van der Waals surface area (Å²) in [6.45, 7) is 4.39. The van der Waals surface area contributed by atoms with Crippen LogP contribution in [0.4, 0.5) is 5.69 Å². The van der Waals surface area contributed by atoms with Gasteiger partial charge in [0.25, 0.3) is 0 Å². The summed E-state index contributed by atoms with van der Waals surface area (Å²) >= 11 is 5.68. The molecule has 78 valence electrons. The van der Waals surface area contributed by atoms with Gasteiger partial charge in [-0.25, -0.2) is 4.98 Å². The minimum Gasteiger partial charge on any atom is -0.310 e. The second kappa shape index (κ2) is 4.03. The summed E-state index contributed by atoms with van der Waals surface area (Å²) in [5.74, 6) is 0.359. The molecule has 3 nitrogen and oxygen atoms in total. The molecule has 1 aromatic heterocycles. The zero-order valence-electron chi connectivity index (χ0n) is 8.19. The molecule has 1 unspecified atom stereocenters. The minimum absolute atomic E-state index is 0.115. The van der Waals surface area contributed by atoms with Crippen molar-refractivity contribution in [3.63, 3.8) is 0 Å². The van der Waals surface area contributed by atoms with Gasteiger partial charge in [0.05, 0.1) is 11.9 Å². The summed E-state index contributed by atoms with van der Waals surface area (Å²) in [5, 5.41) is 0.436. The Labute approximate surface area is 93.4 Å². The van der Waals surface area contributed by atoms with Gasteiger partial charge in [-0.3, -0.25) is 4.79 Å². The topological polar surface area (TPSA) is 33.2 Å². The largest absolute Gasteiger partial charge is 0.310 e. The highest BCUT2D eigenvalue weighted by Gasteiger charge is 2.28. The number of aromatic nitrogens is 1. The molecule has 1 amide bonds. The number of halogens is 1. The third-order valence-corrected chi connectivity index (χ3v) is 2.74. The summed E-state index contributed by atoms with van der Waals surface area (Å²) in [4.78, 5) is 17.3. The van der Waals surface area contributed by atoms with Crippen LogP contribution in [0.1, 0.15) is 6.42 Å². The molecule has 1 saturated heterocycles. The van der Waals surface area contributed by atoms with E-state index in [1.54, 1.807) is 23.2 Å². The number of anilines is 1. The number of carbonyl (C=O) groups excluding carboxylic acids is 1. The highest BCUT2D eigenvalue weighted by atomic mass is 35.5. The second-order valence-electron chi connectivity index (χ2n) is 3.54. The molecule has 4 heteroatoms. The quantitative estimate of drug-likeness (QED) is 0.568. The normalized spacial score (nSPS) is 20.7. The molecule has 0 saturated carbocycles. The number of nitrogens with zero attached hydrogens (tertiary/aromatic N) is 2. The standard InChI is InChI=1S/C11H11ClN2O/c1-2-8-5-11(15)14(7-8)9-3-4-10(12)13-6-9/h2-4,6,8H,1,5,7H2. The maximum absolute atomic E-state index is 11.6. The van der Waals surface area contributed by atoms with Crippen LogP contribution in [0, 0.1) is 5.92 Å². The number of pyridine rings is 1. The summed E-state index contributed by atoms with van der Waals surface area (Å²) in [7, 11) is 0. The van der Waals surface area contributed by atoms with Crippen molar-refractivity contribution in [2.24, 2.45) is 5.92 Å². The van der Waals surface area contributed by atoms with Crippen LogP contribution < -0.4 is 4.90 Å². The fourth-order valence-corrected chi connectivity index (χ4v) is 1.78. The van der Waals surface area contributed by atoms with Crippen LogP contribution in [0.2, 0.25) is 5.15 Å². The Balaban J connectivity index is 2.21. The van der Waals surface area contributed by atoms with Crippen LogP contribution in [0.25, 0.3) is 0 Å². The first-order chi connectivity index (χ1) is 7.20. The molecule has 15 heavy (non-hydrogen) atoms. The minimum atomic E-state index is 0.115. The van der Waals surface area contributed by atoms with Crippen molar-refractivity contribution in [3.8, 4) is 0 Å². The zero-order valence-corrected chi connectivity index (χ0v) is 8.94. The van der Waals surface area contributed by atoms with Crippen molar-refractivity contribution in [3.05, 3.63) is 36.1 Å². The zero-order chi connectivity index (χ0) is 10.8. The lowest BCUT2D eigenvalue weighted by Crippen LogP contribution is -2.24. The highest BCUT2D eigenvalue weighted by molar-refractivity contribution is 6.29. The van der Waals surface area contributed by atoms with Crippen LogP contribution in [0.3, 0.4) is 0 Å². The lowest BCUT2D eigenvalue weighted by atomic mass is 10.1. The SMILES string of the molecule is C=CC1CC(=O)N(c2ccc(Cl)nc2)C1. The molecule has 0 bridgehead atoms. The van der Waals surface area contributed by atoms with Gasteiger partial charge in [-0.1, -0.05) is 17.7 Å². The first kappa shape index (κ1) is 10.2. The summed E-state index contributed by atoms with van der Waals surface area (Å²) in [6, 6.07) is 3.49. The van der Waals surface area contributed by atoms with E-state index < -0.39 is 0 Å². The molecule has 0 aromatic carbocycles. The predicted molar refractivity (Wildman–Crippen MR) is 59.9 cm³/mol. The van der Waals surface area contributed by atoms with E-state index in [4.69, 9.17) is 11.6 Å². The van der Waals surface area contributed by atoms with Gasteiger partial charge in [-0.2, -0.15) is 0 Å². The Morgan fingerprint density at radius 2 is 2.40 bits per heavy atom. The van der Waals surface area contributed by atoms with Gasteiger partial charge in [0.15, 0.2) is 0 Å². The Morgan fingerprint density at radius 3 is 2.93 bits per heavy atom. The Hall–Kier alpha value is -1.35. The number of rotatable bonds is 2. The lowest BCUT2D eigenvalue weighted by molar-refractivity contribution is -0.117. The molecule has 1 aromatic rings. The van der Waals surface area contributed by atoms with Gasteiger partial charge in [0.1, 0.15) is 5.15 Å². The van der Waals surface area contributed by atoms with Gasteiger partial charge in [-0.05, 0) is 12.1 Å². The van der Waals surface area contributed by atoms with Crippen LogP contribution in [0.15, 0.2) is 31.0 Å². The maximum atomic E-state index is 11.6. The number of carbonyl (C=O) groups is 1. The van der Waals surface area contributed by atoms with Crippen LogP contribution in [0.5, 0.6) is 0 Å². The first-order valence-electron chi connectivity index (χ1n) is 4.75. The molecule has 1 atom stereocenters. The van der Waals surface area contributed by atoms with Crippen molar-refractivity contribution < 1.29 is 4.79 Å². The molecule has 0 N–H and O–H groups in total. The first-order valence-corrected chi connectivity index (χ1v) is 5.13. The van der Waals surface area contributed by atoms with Crippen molar-refractivity contribution in [2.75, 3.05) is 11.4 Å². The average Bonchev–Trinajstić information content (AvgIpc) is 2.61. The summed E-state index contributed by atoms with van der Waals surface area (Å²) in [5.41, 5.74) is 0.800. The van der Waals surface area contributed by atoms with Gasteiger partial charge < -0.3 is 4.90 Å². The fraction of sp³-hybridized carbons (Fsp3) is 0.273. The van der Waals surface area contributed by atoms with Crippen molar-refractivity contribution in [1.82, 2.24) is 4.98 Å². The van der Waals surface area contributed by atoms with Gasteiger partial charge in [0.2, 0.25) is 5.91 Å². The Bertz CT molecular complexity index is 388. The predicted octanol–water partition coefficient (Wildman–Crippen LogP) is 2.27. The molecule has 2 heterocycles. The van der Waals surface area contributed by atoms with Crippen molar-refractivity contribution >= 4 is 23.2 Å². The lowest BCUT2D eigenvalue weighted by Gasteiger charge is -2.15. The average molecular weight is 223 g/mol. The van der Waals surface area contributed by atoms with E-state index >= 15 is 0 Å². The van der Waals surface area contributed by atoms with Gasteiger partial charge in [0, 0.05) is 18.9 Å². The molecule has 1 aliphatic heterocycles. The number of hydrogen-bond donors (Lipinski definition) is 0. The smallest absolute Gasteiger partial charge is 0.227 e. The number of amides is 1. The molecular formula is C11H11ClN2O. The molecule has 0 spiro atoms. The molecular weight excluding hydrogens is 212 g/mol. The monoisotopic (exact) mass is 222 g/mol. The van der Waals surface area contributed by atoms with E-state index in [0.717, 1.165) is 5.69 Å². The van der Waals surface area contributed by atoms with E-state index in [2.05, 4.69) is 11.6 Å². The van der Waals surface area contributed by atoms with Crippen molar-refractivity contribution in [2.45, 2.75) is 6.42 Å². The van der Waals surface area contributed by atoms with E-state index in [-0.39, 0.29) is 11.8 Å². The molecule has 0 radical (unpaired) electrons. The highest BCUT2D eigenvalue weighted by Crippen LogP contribution is 2.25. The molecule has 2 rings (SSSR count). The molecule has 0 aliphatic carbocycles. The van der Waals surface area contributed by atoms with E-state index in [1.165, 1.54) is 0 Å². The van der Waals surface area contributed by atoms with Crippen LogP contribution in [-0.2, 0) is 4.79 Å². The number of hydrogen-bond acceptors (Lipinski definition) is 2. The fourth-order valence-electron chi connectivity index (χ4n) is 1.67. The third-order valence-electron chi connectivity index (χ3n) is 2.51. The molecule has 1 fully saturated rings. The summed E-state index contributed by atoms with van der Waals surface area (Å²) in [6.07, 6.45) is 3.97. The Kier molecular flexibility index (Phi) is 2.73. The van der Waals surface area contributed by atoms with Crippen LogP contribution >= 0.6 is 11.6 Å². The van der Waals surface area contributed by atoms with Gasteiger partial charge in [-0.15, -0.1) is 6.58 Å². The summed E-state index contributed by atoms with van der Waals surface area (Å²) < 4.78 is 0. The Morgan fingerprint density at radius 1 is 1.60 bits per heavy atom. The van der Waals surface area contributed by atoms with E-state index in [0.29, 0.717) is 18.1 Å². The van der Waals surface area contributed by atoms with E-state index in [1.807, 2.05) is 6.08 Å².